The van der Waals surface area contributed by atoms with Crippen molar-refractivity contribution in [2.45, 2.75) is 32.7 Å². The number of amides is 2. The molecule has 23 heavy (non-hydrogen) atoms. The van der Waals surface area contributed by atoms with Crippen molar-refractivity contribution in [3.05, 3.63) is 23.5 Å². The summed E-state index contributed by atoms with van der Waals surface area (Å²) in [5.74, 6) is -0.486. The molecule has 2 heterocycles. The van der Waals surface area contributed by atoms with E-state index in [-0.39, 0.29) is 18.4 Å². The molecule has 0 aliphatic rings. The Labute approximate surface area is 138 Å². The van der Waals surface area contributed by atoms with Gasteiger partial charge in [-0.2, -0.15) is 5.10 Å². The van der Waals surface area contributed by atoms with E-state index in [0.717, 1.165) is 17.8 Å². The van der Waals surface area contributed by atoms with Gasteiger partial charge in [-0.15, -0.1) is 10.2 Å². The maximum absolute atomic E-state index is 12.3. The molecule has 0 aliphatic heterocycles. The molecule has 2 aromatic heterocycles. The molecule has 0 fully saturated rings. The molecule has 1 unspecified atom stereocenters. The van der Waals surface area contributed by atoms with Crippen LogP contribution in [0.15, 0.2) is 18.5 Å². The van der Waals surface area contributed by atoms with Crippen LogP contribution in [0.3, 0.4) is 0 Å². The normalized spacial score (nSPS) is 12.0. The summed E-state index contributed by atoms with van der Waals surface area (Å²) in [5, 5.41) is 16.0. The van der Waals surface area contributed by atoms with Crippen molar-refractivity contribution in [1.29, 1.82) is 0 Å². The molecular formula is C14H20N6O2S. The summed E-state index contributed by atoms with van der Waals surface area (Å²) < 4.78 is 1.55. The van der Waals surface area contributed by atoms with Crippen LogP contribution in [0.2, 0.25) is 0 Å². The van der Waals surface area contributed by atoms with Gasteiger partial charge in [-0.1, -0.05) is 18.3 Å². The SMILES string of the molecule is CCCc1nnc(NC(=O)CN(C)C(=O)C(C)n2cccn2)s1. The van der Waals surface area contributed by atoms with Crippen molar-refractivity contribution in [2.24, 2.45) is 0 Å². The zero-order valence-corrected chi connectivity index (χ0v) is 14.2. The Hall–Kier alpha value is -2.29. The average molecular weight is 336 g/mol. The highest BCUT2D eigenvalue weighted by molar-refractivity contribution is 7.15. The predicted molar refractivity (Wildman–Crippen MR) is 87.1 cm³/mol. The number of carbonyl (C=O) groups is 2. The van der Waals surface area contributed by atoms with Gasteiger partial charge < -0.3 is 4.90 Å². The predicted octanol–water partition coefficient (Wildman–Crippen LogP) is 1.35. The monoisotopic (exact) mass is 336 g/mol. The molecule has 0 aromatic carbocycles. The zero-order valence-electron chi connectivity index (χ0n) is 13.4. The summed E-state index contributed by atoms with van der Waals surface area (Å²) in [4.78, 5) is 25.7. The van der Waals surface area contributed by atoms with Crippen LogP contribution in [0.5, 0.6) is 0 Å². The number of nitrogens with zero attached hydrogens (tertiary/aromatic N) is 5. The van der Waals surface area contributed by atoms with E-state index < -0.39 is 6.04 Å². The van der Waals surface area contributed by atoms with Gasteiger partial charge >= 0.3 is 0 Å². The van der Waals surface area contributed by atoms with Crippen molar-refractivity contribution < 1.29 is 9.59 Å². The number of anilines is 1. The molecule has 0 saturated heterocycles. The van der Waals surface area contributed by atoms with Crippen LogP contribution >= 0.6 is 11.3 Å². The summed E-state index contributed by atoms with van der Waals surface area (Å²) in [6.45, 7) is 3.75. The number of likely N-dealkylation sites (N-methyl/N-ethyl adjacent to an activating group) is 1. The number of rotatable bonds is 7. The van der Waals surface area contributed by atoms with Crippen LogP contribution in [0.1, 0.15) is 31.3 Å². The maximum Gasteiger partial charge on any atom is 0.247 e. The first-order valence-electron chi connectivity index (χ1n) is 7.37. The van der Waals surface area contributed by atoms with Crippen molar-refractivity contribution >= 4 is 28.3 Å². The molecule has 0 radical (unpaired) electrons. The fourth-order valence-corrected chi connectivity index (χ4v) is 2.87. The van der Waals surface area contributed by atoms with Gasteiger partial charge in [-0.3, -0.25) is 19.6 Å². The van der Waals surface area contributed by atoms with E-state index in [1.165, 1.54) is 16.2 Å². The number of aromatic nitrogens is 4. The van der Waals surface area contributed by atoms with Crippen molar-refractivity contribution in [2.75, 3.05) is 18.9 Å². The van der Waals surface area contributed by atoms with Crippen LogP contribution in [0.4, 0.5) is 5.13 Å². The lowest BCUT2D eigenvalue weighted by atomic mass is 10.3. The zero-order chi connectivity index (χ0) is 16.8. The molecule has 0 spiro atoms. The molecule has 1 N–H and O–H groups in total. The number of hydrogen-bond donors (Lipinski definition) is 1. The van der Waals surface area contributed by atoms with E-state index in [9.17, 15) is 9.59 Å². The third-order valence-electron chi connectivity index (χ3n) is 3.21. The van der Waals surface area contributed by atoms with E-state index in [4.69, 9.17) is 0 Å². The van der Waals surface area contributed by atoms with Crippen LogP contribution in [0, 0.1) is 0 Å². The topological polar surface area (TPSA) is 93.0 Å². The first kappa shape index (κ1) is 17.1. The Kier molecular flexibility index (Phi) is 5.80. The van der Waals surface area contributed by atoms with Crippen molar-refractivity contribution in [3.8, 4) is 0 Å². The van der Waals surface area contributed by atoms with E-state index in [2.05, 4.69) is 27.5 Å². The Morgan fingerprint density at radius 1 is 1.43 bits per heavy atom. The number of nitrogens with one attached hydrogen (secondary N) is 1. The molecule has 124 valence electrons. The van der Waals surface area contributed by atoms with Gasteiger partial charge in [-0.25, -0.2) is 0 Å². The third-order valence-corrected chi connectivity index (χ3v) is 4.11. The van der Waals surface area contributed by atoms with Gasteiger partial charge in [-0.05, 0) is 19.4 Å². The van der Waals surface area contributed by atoms with Gasteiger partial charge in [0, 0.05) is 25.9 Å². The number of hydrogen-bond acceptors (Lipinski definition) is 6. The first-order chi connectivity index (χ1) is 11.0. The van der Waals surface area contributed by atoms with Crippen molar-refractivity contribution in [3.63, 3.8) is 0 Å². The first-order valence-corrected chi connectivity index (χ1v) is 8.19. The highest BCUT2D eigenvalue weighted by Gasteiger charge is 2.21. The minimum Gasteiger partial charge on any atom is -0.335 e. The summed E-state index contributed by atoms with van der Waals surface area (Å²) in [5.41, 5.74) is 0. The molecule has 2 rings (SSSR count). The Morgan fingerprint density at radius 2 is 2.22 bits per heavy atom. The average Bonchev–Trinajstić information content (AvgIpc) is 3.18. The number of carbonyl (C=O) groups excluding carboxylic acids is 2. The van der Waals surface area contributed by atoms with E-state index in [0.29, 0.717) is 5.13 Å². The minimum atomic E-state index is -0.458. The van der Waals surface area contributed by atoms with Crippen molar-refractivity contribution in [1.82, 2.24) is 24.9 Å². The Bertz CT molecular complexity index is 654. The highest BCUT2D eigenvalue weighted by atomic mass is 32.1. The number of aryl methyl sites for hydroxylation is 1. The van der Waals surface area contributed by atoms with E-state index in [1.54, 1.807) is 37.1 Å². The molecule has 1 atom stereocenters. The summed E-state index contributed by atoms with van der Waals surface area (Å²) in [6.07, 6.45) is 5.14. The van der Waals surface area contributed by atoms with E-state index >= 15 is 0 Å². The Morgan fingerprint density at radius 3 is 2.87 bits per heavy atom. The van der Waals surface area contributed by atoms with Gasteiger partial charge in [0.05, 0.1) is 6.54 Å². The second kappa shape index (κ2) is 7.82. The summed E-state index contributed by atoms with van der Waals surface area (Å²) in [7, 11) is 1.59. The quantitative estimate of drug-likeness (QED) is 0.824. The maximum atomic E-state index is 12.3. The molecule has 0 aliphatic carbocycles. The standard InChI is InChI=1S/C14H20N6O2S/c1-4-6-12-17-18-14(23-12)16-11(21)9-19(3)13(22)10(2)20-8-5-7-15-20/h5,7-8,10H,4,6,9H2,1-3H3,(H,16,18,21). The highest BCUT2D eigenvalue weighted by Crippen LogP contribution is 2.16. The molecule has 8 nitrogen and oxygen atoms in total. The van der Waals surface area contributed by atoms with E-state index in [1.807, 2.05) is 0 Å². The van der Waals surface area contributed by atoms with Gasteiger partial charge in [0.25, 0.3) is 0 Å². The largest absolute Gasteiger partial charge is 0.335 e. The summed E-state index contributed by atoms with van der Waals surface area (Å²) >= 11 is 1.35. The molecule has 9 heteroatoms. The lowest BCUT2D eigenvalue weighted by Gasteiger charge is -2.20. The van der Waals surface area contributed by atoms with Gasteiger partial charge in [0.2, 0.25) is 16.9 Å². The molecule has 2 amide bonds. The lowest BCUT2D eigenvalue weighted by molar-refractivity contribution is -0.136. The molecule has 0 bridgehead atoms. The van der Waals surface area contributed by atoms with Crippen LogP contribution in [-0.2, 0) is 16.0 Å². The fraction of sp³-hybridized carbons (Fsp3) is 0.500. The minimum absolute atomic E-state index is 0.0485. The fourth-order valence-electron chi connectivity index (χ4n) is 2.01. The summed E-state index contributed by atoms with van der Waals surface area (Å²) in [6, 6.07) is 1.29. The Balaban J connectivity index is 1.87. The van der Waals surface area contributed by atoms with Crippen LogP contribution < -0.4 is 5.32 Å². The molecular weight excluding hydrogens is 316 g/mol. The van der Waals surface area contributed by atoms with Gasteiger partial charge in [0.15, 0.2) is 0 Å². The second-order valence-corrected chi connectivity index (χ2v) is 6.22. The molecule has 0 saturated carbocycles. The second-order valence-electron chi connectivity index (χ2n) is 5.16. The van der Waals surface area contributed by atoms with Gasteiger partial charge in [0.1, 0.15) is 11.0 Å². The van der Waals surface area contributed by atoms with Crippen LogP contribution in [0.25, 0.3) is 0 Å². The molecule has 2 aromatic rings. The third kappa shape index (κ3) is 4.59. The smallest absolute Gasteiger partial charge is 0.247 e. The van der Waals surface area contributed by atoms with Crippen LogP contribution in [-0.4, -0.2) is 50.3 Å². The lowest BCUT2D eigenvalue weighted by Crippen LogP contribution is -2.38.